The van der Waals surface area contributed by atoms with Gasteiger partial charge >= 0.3 is 0 Å². The first-order valence-corrected chi connectivity index (χ1v) is 8.09. The SMILES string of the molecule is CC(C)NCc1ccccc1S(=O)(=O)Nc1cccnn1. The Bertz CT molecular complexity index is 687. The van der Waals surface area contributed by atoms with Gasteiger partial charge in [0.15, 0.2) is 5.82 Å². The van der Waals surface area contributed by atoms with Crippen molar-refractivity contribution in [2.45, 2.75) is 31.3 Å². The van der Waals surface area contributed by atoms with E-state index in [0.717, 1.165) is 0 Å². The summed E-state index contributed by atoms with van der Waals surface area (Å²) in [5.41, 5.74) is 0.711. The molecule has 0 saturated heterocycles. The Balaban J connectivity index is 2.27. The first-order valence-electron chi connectivity index (χ1n) is 6.61. The molecule has 0 aliphatic carbocycles. The van der Waals surface area contributed by atoms with Crippen LogP contribution in [-0.4, -0.2) is 24.7 Å². The van der Waals surface area contributed by atoms with Gasteiger partial charge in [0.25, 0.3) is 10.0 Å². The zero-order valence-corrected chi connectivity index (χ0v) is 12.8. The Morgan fingerprint density at radius 3 is 2.57 bits per heavy atom. The Morgan fingerprint density at radius 2 is 1.90 bits per heavy atom. The first kappa shape index (κ1) is 15.4. The molecular formula is C14H18N4O2S. The van der Waals surface area contributed by atoms with E-state index in [1.54, 1.807) is 30.3 Å². The van der Waals surface area contributed by atoms with Gasteiger partial charge in [-0.3, -0.25) is 4.72 Å². The second-order valence-electron chi connectivity index (χ2n) is 4.86. The Morgan fingerprint density at radius 1 is 1.14 bits per heavy atom. The molecule has 0 spiro atoms. The normalized spacial score (nSPS) is 11.6. The van der Waals surface area contributed by atoms with E-state index >= 15 is 0 Å². The highest BCUT2D eigenvalue weighted by molar-refractivity contribution is 7.92. The molecule has 0 atom stereocenters. The quantitative estimate of drug-likeness (QED) is 0.850. The van der Waals surface area contributed by atoms with E-state index in [1.807, 2.05) is 19.9 Å². The van der Waals surface area contributed by atoms with Crippen molar-refractivity contribution in [3.8, 4) is 0 Å². The third kappa shape index (κ3) is 4.24. The number of hydrogen-bond donors (Lipinski definition) is 2. The summed E-state index contributed by atoms with van der Waals surface area (Å²) in [6, 6.07) is 10.3. The highest BCUT2D eigenvalue weighted by Crippen LogP contribution is 2.18. The van der Waals surface area contributed by atoms with E-state index in [-0.39, 0.29) is 16.8 Å². The van der Waals surface area contributed by atoms with Gasteiger partial charge in [-0.15, -0.1) is 5.10 Å². The van der Waals surface area contributed by atoms with Crippen LogP contribution in [0.1, 0.15) is 19.4 Å². The fourth-order valence-corrected chi connectivity index (χ4v) is 3.01. The Labute approximate surface area is 124 Å². The standard InChI is InChI=1S/C14H18N4O2S/c1-11(2)15-10-12-6-3-4-7-13(12)21(19,20)18-14-8-5-9-16-17-14/h3-9,11,15H,10H2,1-2H3,(H,17,18). The minimum atomic E-state index is -3.68. The molecule has 0 aliphatic heterocycles. The number of anilines is 1. The number of nitrogens with zero attached hydrogens (tertiary/aromatic N) is 2. The first-order chi connectivity index (χ1) is 9.99. The molecule has 2 aromatic rings. The topological polar surface area (TPSA) is 84.0 Å². The van der Waals surface area contributed by atoms with Crippen LogP contribution in [0.15, 0.2) is 47.5 Å². The average Bonchev–Trinajstić information content (AvgIpc) is 2.46. The second-order valence-corrected chi connectivity index (χ2v) is 6.51. The van der Waals surface area contributed by atoms with Crippen LogP contribution in [0.4, 0.5) is 5.82 Å². The molecule has 1 heterocycles. The molecule has 21 heavy (non-hydrogen) atoms. The molecule has 7 heteroatoms. The highest BCUT2D eigenvalue weighted by atomic mass is 32.2. The van der Waals surface area contributed by atoms with Gasteiger partial charge in [0.1, 0.15) is 0 Å². The average molecular weight is 306 g/mol. The summed E-state index contributed by atoms with van der Waals surface area (Å²) in [5, 5.41) is 10.6. The predicted octanol–water partition coefficient (Wildman–Crippen LogP) is 1.78. The van der Waals surface area contributed by atoms with E-state index in [9.17, 15) is 8.42 Å². The van der Waals surface area contributed by atoms with Crippen LogP contribution < -0.4 is 10.0 Å². The molecular weight excluding hydrogens is 288 g/mol. The van der Waals surface area contributed by atoms with Crippen LogP contribution in [-0.2, 0) is 16.6 Å². The second kappa shape index (κ2) is 6.64. The molecule has 0 unspecified atom stereocenters. The lowest BCUT2D eigenvalue weighted by Crippen LogP contribution is -2.24. The van der Waals surface area contributed by atoms with Gasteiger partial charge in [0.05, 0.1) is 4.90 Å². The Kier molecular flexibility index (Phi) is 4.87. The molecule has 112 valence electrons. The number of hydrogen-bond acceptors (Lipinski definition) is 5. The summed E-state index contributed by atoms with van der Waals surface area (Å²) in [7, 11) is -3.68. The molecule has 1 aromatic carbocycles. The summed E-state index contributed by atoms with van der Waals surface area (Å²) in [5.74, 6) is 0.198. The van der Waals surface area contributed by atoms with Crippen molar-refractivity contribution < 1.29 is 8.42 Å². The lowest BCUT2D eigenvalue weighted by atomic mass is 10.2. The molecule has 6 nitrogen and oxygen atoms in total. The zero-order chi connectivity index (χ0) is 15.3. The molecule has 0 amide bonds. The van der Waals surface area contributed by atoms with Crippen molar-refractivity contribution in [2.75, 3.05) is 4.72 Å². The number of rotatable bonds is 6. The van der Waals surface area contributed by atoms with Gasteiger partial charge in [-0.25, -0.2) is 8.42 Å². The number of benzene rings is 1. The van der Waals surface area contributed by atoms with Crippen LogP contribution in [0.25, 0.3) is 0 Å². The summed E-state index contributed by atoms with van der Waals surface area (Å²) < 4.78 is 27.4. The summed E-state index contributed by atoms with van der Waals surface area (Å²) in [4.78, 5) is 0.240. The lowest BCUT2D eigenvalue weighted by molar-refractivity contribution is 0.576. The van der Waals surface area contributed by atoms with Crippen molar-refractivity contribution >= 4 is 15.8 Å². The lowest BCUT2D eigenvalue weighted by Gasteiger charge is -2.13. The maximum Gasteiger partial charge on any atom is 0.263 e. The summed E-state index contributed by atoms with van der Waals surface area (Å²) in [6.07, 6.45) is 1.48. The van der Waals surface area contributed by atoms with Crippen molar-refractivity contribution in [2.24, 2.45) is 0 Å². The van der Waals surface area contributed by atoms with Crippen molar-refractivity contribution in [3.05, 3.63) is 48.2 Å². The van der Waals surface area contributed by atoms with Crippen LogP contribution in [0, 0.1) is 0 Å². The maximum atomic E-state index is 12.5. The number of aromatic nitrogens is 2. The van der Waals surface area contributed by atoms with E-state index in [4.69, 9.17) is 0 Å². The van der Waals surface area contributed by atoms with E-state index < -0.39 is 10.0 Å². The van der Waals surface area contributed by atoms with Crippen molar-refractivity contribution in [1.29, 1.82) is 0 Å². The largest absolute Gasteiger partial charge is 0.310 e. The van der Waals surface area contributed by atoms with Gasteiger partial charge in [0, 0.05) is 18.8 Å². The molecule has 0 fully saturated rings. The third-order valence-corrected chi connectivity index (χ3v) is 4.23. The molecule has 2 N–H and O–H groups in total. The fourth-order valence-electron chi connectivity index (χ4n) is 1.77. The van der Waals surface area contributed by atoms with E-state index in [1.165, 1.54) is 6.20 Å². The molecule has 0 saturated carbocycles. The molecule has 2 rings (SSSR count). The Hall–Kier alpha value is -1.99. The van der Waals surface area contributed by atoms with E-state index in [0.29, 0.717) is 12.1 Å². The van der Waals surface area contributed by atoms with Gasteiger partial charge in [-0.2, -0.15) is 5.10 Å². The monoisotopic (exact) mass is 306 g/mol. The predicted molar refractivity (Wildman–Crippen MR) is 81.3 cm³/mol. The van der Waals surface area contributed by atoms with Gasteiger partial charge in [0.2, 0.25) is 0 Å². The van der Waals surface area contributed by atoms with Crippen LogP contribution in [0.2, 0.25) is 0 Å². The number of nitrogens with one attached hydrogen (secondary N) is 2. The zero-order valence-electron chi connectivity index (χ0n) is 11.9. The van der Waals surface area contributed by atoms with Crippen LogP contribution in [0.3, 0.4) is 0 Å². The van der Waals surface area contributed by atoms with Crippen molar-refractivity contribution in [3.63, 3.8) is 0 Å². The van der Waals surface area contributed by atoms with Gasteiger partial charge in [-0.1, -0.05) is 32.0 Å². The highest BCUT2D eigenvalue weighted by Gasteiger charge is 2.18. The maximum absolute atomic E-state index is 12.5. The minimum absolute atomic E-state index is 0.198. The third-order valence-electron chi connectivity index (χ3n) is 2.77. The van der Waals surface area contributed by atoms with Crippen LogP contribution >= 0.6 is 0 Å². The van der Waals surface area contributed by atoms with Gasteiger partial charge in [-0.05, 0) is 23.8 Å². The molecule has 1 aromatic heterocycles. The fraction of sp³-hybridized carbons (Fsp3) is 0.286. The molecule has 0 aliphatic rings. The molecule has 0 radical (unpaired) electrons. The van der Waals surface area contributed by atoms with Crippen LogP contribution in [0.5, 0.6) is 0 Å². The smallest absolute Gasteiger partial charge is 0.263 e. The molecule has 0 bridgehead atoms. The number of sulfonamides is 1. The summed E-state index contributed by atoms with van der Waals surface area (Å²) >= 11 is 0. The van der Waals surface area contributed by atoms with Crippen molar-refractivity contribution in [1.82, 2.24) is 15.5 Å². The summed E-state index contributed by atoms with van der Waals surface area (Å²) in [6.45, 7) is 4.50. The van der Waals surface area contributed by atoms with Gasteiger partial charge < -0.3 is 5.32 Å². The minimum Gasteiger partial charge on any atom is -0.310 e. The van der Waals surface area contributed by atoms with E-state index in [2.05, 4.69) is 20.2 Å².